The van der Waals surface area contributed by atoms with Gasteiger partial charge in [-0.3, -0.25) is 14.5 Å². The Hall–Kier alpha value is -2.57. The second-order valence-electron chi connectivity index (χ2n) is 7.60. The number of benzene rings is 1. The van der Waals surface area contributed by atoms with Crippen LogP contribution in [-0.2, 0) is 9.59 Å². The number of carbonyl (C=O) groups excluding carboxylic acids is 3. The molecule has 0 aromatic heterocycles. The number of nitrogens with two attached hydrogens (primary N) is 1. The first kappa shape index (κ1) is 15.7. The van der Waals surface area contributed by atoms with E-state index in [-0.39, 0.29) is 23.9 Å². The predicted molar refractivity (Wildman–Crippen MR) is 95.3 cm³/mol. The highest BCUT2D eigenvalue weighted by Crippen LogP contribution is 2.42. The molecular formula is C19H21N4O3. The second kappa shape index (κ2) is 5.46. The van der Waals surface area contributed by atoms with Crippen molar-refractivity contribution in [3.8, 4) is 0 Å². The van der Waals surface area contributed by atoms with E-state index in [9.17, 15) is 14.4 Å². The zero-order valence-electron chi connectivity index (χ0n) is 14.4. The van der Waals surface area contributed by atoms with Crippen molar-refractivity contribution in [1.29, 1.82) is 0 Å². The molecule has 3 heterocycles. The number of hydrogen-bond donors (Lipinski definition) is 1. The number of piperidine rings is 1. The monoisotopic (exact) mass is 353 g/mol. The highest BCUT2D eigenvalue weighted by molar-refractivity contribution is 6.04. The molecule has 1 aliphatic carbocycles. The molecule has 1 aromatic carbocycles. The van der Waals surface area contributed by atoms with Crippen molar-refractivity contribution in [1.82, 2.24) is 4.90 Å². The molecule has 2 bridgehead atoms. The summed E-state index contributed by atoms with van der Waals surface area (Å²) in [6.07, 6.45) is 5.77. The molecule has 4 fully saturated rings. The number of fused-ring (bicyclic) bond motifs is 3. The van der Waals surface area contributed by atoms with Crippen molar-refractivity contribution >= 4 is 29.2 Å². The summed E-state index contributed by atoms with van der Waals surface area (Å²) < 4.78 is 0. The van der Waals surface area contributed by atoms with Gasteiger partial charge >= 0.3 is 6.03 Å². The molecular weight excluding hydrogens is 332 g/mol. The Labute approximate surface area is 151 Å². The van der Waals surface area contributed by atoms with Gasteiger partial charge < -0.3 is 15.5 Å². The van der Waals surface area contributed by atoms with Crippen molar-refractivity contribution < 1.29 is 14.4 Å². The molecule has 0 spiro atoms. The van der Waals surface area contributed by atoms with E-state index in [2.05, 4.69) is 0 Å². The summed E-state index contributed by atoms with van der Waals surface area (Å²) in [7, 11) is 0. The third-order valence-corrected chi connectivity index (χ3v) is 6.25. The molecule has 26 heavy (non-hydrogen) atoms. The van der Waals surface area contributed by atoms with Gasteiger partial charge in [-0.25, -0.2) is 4.79 Å². The smallest absolute Gasteiger partial charge is 0.325 e. The first-order valence-corrected chi connectivity index (χ1v) is 9.22. The fourth-order valence-electron chi connectivity index (χ4n) is 5.06. The van der Waals surface area contributed by atoms with E-state index in [1.54, 1.807) is 4.90 Å². The Morgan fingerprint density at radius 2 is 1.73 bits per heavy atom. The summed E-state index contributed by atoms with van der Waals surface area (Å²) in [5, 5.41) is 0. The van der Waals surface area contributed by atoms with Crippen LogP contribution in [0.5, 0.6) is 0 Å². The Morgan fingerprint density at radius 3 is 2.35 bits per heavy atom. The third kappa shape index (κ3) is 2.03. The predicted octanol–water partition coefficient (Wildman–Crippen LogP) is 1.27. The van der Waals surface area contributed by atoms with E-state index in [0.29, 0.717) is 18.3 Å². The Bertz CT molecular complexity index is 792. The summed E-state index contributed by atoms with van der Waals surface area (Å²) in [4.78, 5) is 42.3. The topological polar surface area (TPSA) is 86.9 Å². The summed E-state index contributed by atoms with van der Waals surface area (Å²) in [5.74, 6) is -0.126. The molecule has 1 radical (unpaired) electrons. The number of nitrogens with zero attached hydrogens (tertiary/aromatic N) is 3. The second-order valence-corrected chi connectivity index (χ2v) is 7.60. The highest BCUT2D eigenvalue weighted by atomic mass is 16.2. The van der Waals surface area contributed by atoms with Crippen molar-refractivity contribution in [2.24, 2.45) is 11.7 Å². The van der Waals surface area contributed by atoms with Gasteiger partial charge in [-0.2, -0.15) is 0 Å². The Balaban J connectivity index is 1.44. The van der Waals surface area contributed by atoms with Gasteiger partial charge in [0.1, 0.15) is 6.04 Å². The minimum atomic E-state index is -0.680. The van der Waals surface area contributed by atoms with E-state index in [4.69, 9.17) is 5.73 Å². The molecule has 4 aliphatic rings. The highest BCUT2D eigenvalue weighted by Gasteiger charge is 2.51. The van der Waals surface area contributed by atoms with E-state index in [1.807, 2.05) is 35.6 Å². The van der Waals surface area contributed by atoms with Gasteiger partial charge in [-0.1, -0.05) is 0 Å². The van der Waals surface area contributed by atoms with E-state index >= 15 is 0 Å². The quantitative estimate of drug-likeness (QED) is 0.888. The first-order chi connectivity index (χ1) is 12.6. The molecule has 7 nitrogen and oxygen atoms in total. The average Bonchev–Trinajstić information content (AvgIpc) is 3.37. The lowest BCUT2D eigenvalue weighted by molar-refractivity contribution is -0.121. The van der Waals surface area contributed by atoms with Crippen LogP contribution >= 0.6 is 0 Å². The van der Waals surface area contributed by atoms with Crippen molar-refractivity contribution in [3.63, 3.8) is 0 Å². The molecule has 2 N–H and O–H groups in total. The number of hydrogen-bond acceptors (Lipinski definition) is 3. The maximum atomic E-state index is 12.8. The number of carbonyl (C=O) groups is 3. The Morgan fingerprint density at radius 1 is 1.04 bits per heavy atom. The number of primary amides is 1. The molecule has 1 aromatic rings. The van der Waals surface area contributed by atoms with Gasteiger partial charge in [-0.15, -0.1) is 0 Å². The number of amides is 4. The van der Waals surface area contributed by atoms with Crippen LogP contribution in [0.25, 0.3) is 0 Å². The number of rotatable bonds is 3. The van der Waals surface area contributed by atoms with Gasteiger partial charge in [0.15, 0.2) is 0 Å². The summed E-state index contributed by atoms with van der Waals surface area (Å²) in [5.41, 5.74) is 7.10. The minimum absolute atomic E-state index is 0.168. The van der Waals surface area contributed by atoms with E-state index in [0.717, 1.165) is 31.4 Å². The molecule has 4 atom stereocenters. The molecule has 7 heteroatoms. The fraction of sp³-hybridized carbons (Fsp3) is 0.474. The SMILES string of the molecule is NC(=O)C1[C@H]2[CH]CCN2C(=O)N1c1ccc(N2C(=O)C3CCC2C3)cc1. The average molecular weight is 353 g/mol. The molecule has 1 saturated carbocycles. The molecule has 3 saturated heterocycles. The summed E-state index contributed by atoms with van der Waals surface area (Å²) >= 11 is 0. The first-order valence-electron chi connectivity index (χ1n) is 9.22. The van der Waals surface area contributed by atoms with Crippen molar-refractivity contribution in [2.45, 2.75) is 43.8 Å². The maximum Gasteiger partial charge on any atom is 0.325 e. The largest absolute Gasteiger partial charge is 0.368 e. The minimum Gasteiger partial charge on any atom is -0.368 e. The molecule has 3 aliphatic heterocycles. The van der Waals surface area contributed by atoms with Crippen LogP contribution in [0.15, 0.2) is 24.3 Å². The van der Waals surface area contributed by atoms with Gasteiger partial charge in [0.25, 0.3) is 0 Å². The van der Waals surface area contributed by atoms with Crippen LogP contribution in [0.4, 0.5) is 16.2 Å². The zero-order valence-corrected chi connectivity index (χ0v) is 14.4. The van der Waals surface area contributed by atoms with Crippen LogP contribution < -0.4 is 15.5 Å². The van der Waals surface area contributed by atoms with Gasteiger partial charge in [0.05, 0.1) is 6.04 Å². The lowest BCUT2D eigenvalue weighted by atomic mass is 10.0. The van der Waals surface area contributed by atoms with Gasteiger partial charge in [0.2, 0.25) is 11.8 Å². The van der Waals surface area contributed by atoms with Gasteiger partial charge in [0, 0.05) is 29.9 Å². The van der Waals surface area contributed by atoms with Crippen LogP contribution in [0, 0.1) is 12.3 Å². The van der Waals surface area contributed by atoms with Crippen LogP contribution in [0.2, 0.25) is 0 Å². The standard InChI is InChI=1S/C19H21N4O3/c20-17(24)16-15-2-1-9-21(15)19(26)23(16)13-7-5-12(6-8-13)22-14-4-3-11(10-14)18(22)25/h2,5-8,11,14-16H,1,3-4,9-10H2,(H2,20,24)/t11?,14?,15-,16?/m1/s1. The normalized spacial score (nSPS) is 32.7. The number of urea groups is 1. The number of anilines is 2. The lowest BCUT2D eigenvalue weighted by Crippen LogP contribution is -2.47. The van der Waals surface area contributed by atoms with Crippen LogP contribution in [0.1, 0.15) is 25.7 Å². The zero-order chi connectivity index (χ0) is 18.0. The van der Waals surface area contributed by atoms with Crippen LogP contribution in [0.3, 0.4) is 0 Å². The lowest BCUT2D eigenvalue weighted by Gasteiger charge is -2.28. The van der Waals surface area contributed by atoms with Crippen molar-refractivity contribution in [2.75, 3.05) is 16.3 Å². The molecule has 135 valence electrons. The summed E-state index contributed by atoms with van der Waals surface area (Å²) in [6.45, 7) is 0.618. The molecule has 4 amide bonds. The third-order valence-electron chi connectivity index (χ3n) is 6.25. The van der Waals surface area contributed by atoms with E-state index in [1.165, 1.54) is 4.90 Å². The molecule has 3 unspecified atom stereocenters. The summed E-state index contributed by atoms with van der Waals surface area (Å²) in [6, 6.07) is 6.53. The van der Waals surface area contributed by atoms with Gasteiger partial charge in [-0.05, 0) is 56.4 Å². The molecule has 5 rings (SSSR count). The van der Waals surface area contributed by atoms with Crippen molar-refractivity contribution in [3.05, 3.63) is 30.7 Å². The fourth-order valence-corrected chi connectivity index (χ4v) is 5.06. The van der Waals surface area contributed by atoms with E-state index < -0.39 is 11.9 Å². The van der Waals surface area contributed by atoms with Crippen LogP contribution in [-0.4, -0.2) is 47.4 Å². The Kier molecular flexibility index (Phi) is 3.29. The maximum absolute atomic E-state index is 12.8.